The third-order valence-electron chi connectivity index (χ3n) is 14.4. The van der Waals surface area contributed by atoms with E-state index in [0.29, 0.717) is 32.3 Å². The van der Waals surface area contributed by atoms with Crippen molar-refractivity contribution in [2.75, 3.05) is 0 Å². The lowest BCUT2D eigenvalue weighted by atomic mass is 10.1. The lowest BCUT2D eigenvalue weighted by Gasteiger charge is -2.32. The van der Waals surface area contributed by atoms with Gasteiger partial charge in [-0.2, -0.15) is 50.5 Å². The first-order valence-corrected chi connectivity index (χ1v) is 37.0. The quantitative estimate of drug-likeness (QED) is 0.0368. The number of benzene rings is 12. The molecule has 0 amide bonds. The maximum atomic E-state index is 15.5. The summed E-state index contributed by atoms with van der Waals surface area (Å²) in [6.07, 6.45) is 0. The van der Waals surface area contributed by atoms with Crippen LogP contribution in [0.3, 0.4) is 0 Å². The molecular weight excluding hydrogens is 1260 g/mol. The van der Waals surface area contributed by atoms with Crippen LogP contribution >= 0.6 is 0 Å². The zero-order valence-electron chi connectivity index (χ0n) is 45.4. The lowest BCUT2D eigenvalue weighted by molar-refractivity contribution is 0.00507. The average molecular weight is 1310 g/mol. The molecule has 0 aromatic heterocycles. The van der Waals surface area contributed by atoms with Crippen molar-refractivity contribution < 1.29 is 75.6 Å². The Kier molecular flexibility index (Phi) is 16.5. The van der Waals surface area contributed by atoms with Crippen molar-refractivity contribution in [3.05, 3.63) is 255 Å². The first-order valence-electron chi connectivity index (χ1n) is 26.6. The highest BCUT2D eigenvalue weighted by Gasteiger charge is 2.59. The zero-order valence-corrected chi connectivity index (χ0v) is 51.4. The van der Waals surface area contributed by atoms with E-state index in [1.807, 2.05) is 0 Å². The van der Waals surface area contributed by atoms with Crippen molar-refractivity contribution in [3.8, 4) is 0 Å². The summed E-state index contributed by atoms with van der Waals surface area (Å²) in [4.78, 5) is -4.14. The van der Waals surface area contributed by atoms with Gasteiger partial charge >= 0.3 is 14.1 Å². The Hall–Kier alpha value is -7.81. The van der Waals surface area contributed by atoms with E-state index >= 15 is 50.5 Å². The van der Waals surface area contributed by atoms with Crippen LogP contribution in [-0.2, 0) is 85.8 Å². The van der Waals surface area contributed by atoms with Crippen LogP contribution in [0.15, 0.2) is 284 Å². The molecule has 0 fully saturated rings. The van der Waals surface area contributed by atoms with E-state index in [-0.39, 0.29) is 32.3 Å². The molecule has 0 aliphatic rings. The number of hydrogen-bond donors (Lipinski definition) is 0. The SMILES string of the molecule is O=S(=O)(O[CH](OS(=O)(=O)c1cccc2ccccc12)[Al]([CH](OS(=O)(=O)c1cccc2ccccc12)OS(=O)(=O)c1cccc2ccccc12)[CH](OS(=O)(=O)c1cccc2ccccc12)OS(=O)(=O)c1cccc2ccccc12)c1cccc2ccccc12. The van der Waals surface area contributed by atoms with E-state index in [9.17, 15) is 0 Å². The topological polar surface area (TPSA) is 260 Å². The molecule has 88 heavy (non-hydrogen) atoms. The molecule has 12 aromatic carbocycles. The Morgan fingerprint density at radius 2 is 0.330 bits per heavy atom. The fourth-order valence-electron chi connectivity index (χ4n) is 10.4. The molecule has 0 bridgehead atoms. The second kappa shape index (κ2) is 23.9. The van der Waals surface area contributed by atoms with Crippen molar-refractivity contribution in [3.63, 3.8) is 0 Å². The van der Waals surface area contributed by atoms with Gasteiger partial charge in [-0.05, 0) is 68.7 Å². The summed E-state index contributed by atoms with van der Waals surface area (Å²) in [5.74, 6) is 0. The first-order chi connectivity index (χ1) is 42.1. The van der Waals surface area contributed by atoms with E-state index in [1.165, 1.54) is 182 Å². The molecule has 0 spiro atoms. The zero-order chi connectivity index (χ0) is 61.6. The largest absolute Gasteiger partial charge is 0.523 e. The predicted octanol–water partition coefficient (Wildman–Crippen LogP) is 11.4. The van der Waals surface area contributed by atoms with Crippen LogP contribution in [0.5, 0.6) is 0 Å². The number of fused-ring (bicyclic) bond motifs is 6. The Labute approximate surface area is 510 Å². The van der Waals surface area contributed by atoms with Crippen molar-refractivity contribution in [1.82, 2.24) is 0 Å². The summed E-state index contributed by atoms with van der Waals surface area (Å²) in [6, 6.07) is 59.2. The van der Waals surface area contributed by atoms with Gasteiger partial charge in [-0.3, -0.25) is 0 Å². The monoisotopic (exact) mass is 1310 g/mol. The van der Waals surface area contributed by atoms with Crippen LogP contribution in [0, 0.1) is 0 Å². The smallest absolute Gasteiger partial charge is 0.250 e. The Bertz CT molecular complexity index is 4560. The van der Waals surface area contributed by atoms with Crippen molar-refractivity contribution in [1.29, 1.82) is 0 Å². The maximum absolute atomic E-state index is 15.5. The van der Waals surface area contributed by atoms with Gasteiger partial charge < -0.3 is 0 Å². The third-order valence-corrected chi connectivity index (χ3v) is 26.3. The van der Waals surface area contributed by atoms with Gasteiger partial charge in [0.05, 0.1) is 0 Å². The van der Waals surface area contributed by atoms with Crippen LogP contribution < -0.4 is 0 Å². The molecule has 12 aromatic rings. The van der Waals surface area contributed by atoms with Crippen LogP contribution in [0.1, 0.15) is 0 Å². The van der Waals surface area contributed by atoms with Crippen LogP contribution in [-0.4, -0.2) is 80.1 Å². The molecule has 0 unspecified atom stereocenters. The number of hydrogen-bond acceptors (Lipinski definition) is 18. The predicted molar refractivity (Wildman–Crippen MR) is 330 cm³/mol. The second-order valence-corrected chi connectivity index (χ2v) is 31.9. The highest BCUT2D eigenvalue weighted by molar-refractivity contribution is 7.89. The summed E-state index contributed by atoms with van der Waals surface area (Å²) in [6.45, 7) is 0. The summed E-state index contributed by atoms with van der Waals surface area (Å²) in [5, 5.41) is -8.49. The number of rotatable bonds is 21. The highest BCUT2D eigenvalue weighted by atomic mass is 32.2. The fraction of sp³-hybridized carbons (Fsp3) is 0.0476. The van der Waals surface area contributed by atoms with Gasteiger partial charge in [0.25, 0.3) is 60.7 Å². The standard InChI is InChI=1S/3C21H15O6S2.Al/c3*22-28(23,20-13-5-9-16-7-1-3-11-18(16)20)26-15-27-29(24,25)21-14-6-10-17-8-2-4-12-19(17)21;/h3*1-15H;. The van der Waals surface area contributed by atoms with Gasteiger partial charge in [0.1, 0.15) is 44.8 Å². The molecular formula is C63H45AlO18S6. The van der Waals surface area contributed by atoms with E-state index in [2.05, 4.69) is 0 Å². The molecule has 444 valence electrons. The molecule has 0 heterocycles. The fourth-order valence-corrected chi connectivity index (χ4v) is 23.6. The van der Waals surface area contributed by atoms with E-state index < -0.39 is 120 Å². The molecule has 0 saturated heterocycles. The molecule has 0 radical (unpaired) electrons. The lowest BCUT2D eigenvalue weighted by Crippen LogP contribution is -2.59. The third kappa shape index (κ3) is 12.1. The molecule has 0 N–H and O–H groups in total. The molecule has 18 nitrogen and oxygen atoms in total. The summed E-state index contributed by atoms with van der Waals surface area (Å²) in [7, 11) is -34.0. The van der Waals surface area contributed by atoms with Gasteiger partial charge in [-0.15, -0.1) is 0 Å². The highest BCUT2D eigenvalue weighted by Crippen LogP contribution is 2.38. The first kappa shape index (κ1) is 60.5. The molecule has 0 atom stereocenters. The second-order valence-electron chi connectivity index (χ2n) is 19.8. The minimum atomic E-state index is -5.90. The van der Waals surface area contributed by atoms with Gasteiger partial charge in [0.15, 0.2) is 0 Å². The molecule has 0 aliphatic carbocycles. The average Bonchev–Trinajstić information content (AvgIpc) is 0.973. The Morgan fingerprint density at radius 1 is 0.193 bits per heavy atom. The Balaban J connectivity index is 1.18. The van der Waals surface area contributed by atoms with E-state index in [1.54, 1.807) is 36.4 Å². The van der Waals surface area contributed by atoms with Gasteiger partial charge in [-0.1, -0.05) is 218 Å². The van der Waals surface area contributed by atoms with Gasteiger partial charge in [0.2, 0.25) is 0 Å². The normalized spacial score (nSPS) is 13.0. The van der Waals surface area contributed by atoms with Gasteiger partial charge in [0, 0.05) is 32.3 Å². The van der Waals surface area contributed by atoms with Crippen LogP contribution in [0.4, 0.5) is 0 Å². The summed E-state index contributed by atoms with van der Waals surface area (Å²) < 4.78 is 223. The summed E-state index contributed by atoms with van der Waals surface area (Å²) >= 11 is -5.90. The molecule has 12 rings (SSSR count). The Morgan fingerprint density at radius 3 is 0.489 bits per heavy atom. The minimum Gasteiger partial charge on any atom is -0.250 e. The molecule has 0 aliphatic heterocycles. The van der Waals surface area contributed by atoms with Crippen LogP contribution in [0.25, 0.3) is 64.6 Å². The van der Waals surface area contributed by atoms with Crippen LogP contribution in [0.2, 0.25) is 0 Å². The van der Waals surface area contributed by atoms with E-state index in [4.69, 9.17) is 25.1 Å². The van der Waals surface area contributed by atoms with Crippen molar-refractivity contribution >= 4 is 139 Å². The molecule has 25 heteroatoms. The molecule has 0 saturated carbocycles. The van der Waals surface area contributed by atoms with Crippen molar-refractivity contribution in [2.24, 2.45) is 0 Å². The minimum absolute atomic E-state index is 0.0406. The maximum Gasteiger partial charge on any atom is 0.523 e. The van der Waals surface area contributed by atoms with Gasteiger partial charge in [-0.25, -0.2) is 25.1 Å². The summed E-state index contributed by atoms with van der Waals surface area (Å²) in [5.41, 5.74) is 0. The van der Waals surface area contributed by atoms with E-state index in [0.717, 1.165) is 36.4 Å². The van der Waals surface area contributed by atoms with Crippen molar-refractivity contribution in [2.45, 2.75) is 44.8 Å².